The molecule has 2 aromatic rings. The van der Waals surface area contributed by atoms with Crippen LogP contribution >= 0.6 is 11.3 Å². The molecule has 1 saturated heterocycles. The van der Waals surface area contributed by atoms with Crippen molar-refractivity contribution in [2.24, 2.45) is 4.99 Å². The van der Waals surface area contributed by atoms with Crippen LogP contribution in [0.5, 0.6) is 0 Å². The van der Waals surface area contributed by atoms with Crippen molar-refractivity contribution >= 4 is 23.2 Å². The van der Waals surface area contributed by atoms with E-state index in [0.717, 1.165) is 76.5 Å². The molecule has 8 heteroatoms. The van der Waals surface area contributed by atoms with E-state index in [1.807, 2.05) is 12.1 Å². The lowest BCUT2D eigenvalue weighted by Gasteiger charge is -2.32. The van der Waals surface area contributed by atoms with Crippen molar-refractivity contribution < 1.29 is 9.21 Å². The second-order valence-electron chi connectivity index (χ2n) is 7.86. The van der Waals surface area contributed by atoms with Gasteiger partial charge < -0.3 is 20.4 Å². The number of furan rings is 1. The van der Waals surface area contributed by atoms with Crippen LogP contribution in [0.3, 0.4) is 0 Å². The Bertz CT molecular complexity index is 768. The van der Waals surface area contributed by atoms with Crippen LogP contribution in [0.4, 0.5) is 0 Å². The van der Waals surface area contributed by atoms with Crippen molar-refractivity contribution in [1.82, 2.24) is 20.9 Å². The SMILES string of the molecule is CCCNC(=O)CN1CCC(NC(=NCCc2cccs2)NCCc2ccco2)CC1. The van der Waals surface area contributed by atoms with Gasteiger partial charge in [0.15, 0.2) is 5.96 Å². The molecule has 3 heterocycles. The number of hydrogen-bond acceptors (Lipinski definition) is 5. The van der Waals surface area contributed by atoms with E-state index in [9.17, 15) is 4.79 Å². The Morgan fingerprint density at radius 1 is 1.19 bits per heavy atom. The van der Waals surface area contributed by atoms with E-state index < -0.39 is 0 Å². The molecule has 1 fully saturated rings. The third-order valence-electron chi connectivity index (χ3n) is 5.32. The highest BCUT2D eigenvalue weighted by Gasteiger charge is 2.21. The highest BCUT2D eigenvalue weighted by molar-refractivity contribution is 7.09. The van der Waals surface area contributed by atoms with E-state index in [1.54, 1.807) is 17.6 Å². The molecule has 1 amide bonds. The molecule has 0 aliphatic carbocycles. The fraction of sp³-hybridized carbons (Fsp3) is 0.565. The topological polar surface area (TPSA) is 81.9 Å². The summed E-state index contributed by atoms with van der Waals surface area (Å²) in [5.41, 5.74) is 0. The molecular formula is C23H35N5O2S. The Balaban J connectivity index is 1.44. The zero-order chi connectivity index (χ0) is 21.7. The minimum atomic E-state index is 0.128. The van der Waals surface area contributed by atoms with Crippen LogP contribution in [0.2, 0.25) is 0 Å². The van der Waals surface area contributed by atoms with Gasteiger partial charge in [0.25, 0.3) is 0 Å². The van der Waals surface area contributed by atoms with Crippen molar-refractivity contribution in [2.75, 3.05) is 39.3 Å². The zero-order valence-corrected chi connectivity index (χ0v) is 19.3. The van der Waals surface area contributed by atoms with Crippen molar-refractivity contribution in [1.29, 1.82) is 0 Å². The number of nitrogens with zero attached hydrogens (tertiary/aromatic N) is 2. The van der Waals surface area contributed by atoms with Crippen LogP contribution in [-0.4, -0.2) is 62.1 Å². The average Bonchev–Trinajstić information content (AvgIpc) is 3.48. The number of likely N-dealkylation sites (tertiary alicyclic amines) is 1. The number of amides is 1. The van der Waals surface area contributed by atoms with Crippen molar-refractivity contribution in [2.45, 2.75) is 45.1 Å². The molecule has 0 radical (unpaired) electrons. The summed E-state index contributed by atoms with van der Waals surface area (Å²) in [6.45, 7) is 6.70. The number of guanidine groups is 1. The summed E-state index contributed by atoms with van der Waals surface area (Å²) in [6.07, 6.45) is 6.47. The van der Waals surface area contributed by atoms with Gasteiger partial charge in [0, 0.05) is 56.5 Å². The fourth-order valence-corrected chi connectivity index (χ4v) is 4.29. The van der Waals surface area contributed by atoms with Gasteiger partial charge in [-0.05, 0) is 42.8 Å². The van der Waals surface area contributed by atoms with Crippen LogP contribution in [0.15, 0.2) is 45.3 Å². The molecule has 3 rings (SSSR count). The largest absolute Gasteiger partial charge is 0.469 e. The molecule has 1 aliphatic heterocycles. The average molecular weight is 446 g/mol. The minimum Gasteiger partial charge on any atom is -0.469 e. The first-order chi connectivity index (χ1) is 15.2. The predicted octanol–water partition coefficient (Wildman–Crippen LogP) is 2.65. The summed E-state index contributed by atoms with van der Waals surface area (Å²) in [4.78, 5) is 20.4. The maximum atomic E-state index is 12.0. The Morgan fingerprint density at radius 2 is 2.06 bits per heavy atom. The summed E-state index contributed by atoms with van der Waals surface area (Å²) in [5.74, 6) is 1.96. The lowest BCUT2D eigenvalue weighted by atomic mass is 10.1. The Labute approximate surface area is 189 Å². The molecule has 2 aromatic heterocycles. The number of aliphatic imine (C=N–C) groups is 1. The Kier molecular flexibility index (Phi) is 9.92. The highest BCUT2D eigenvalue weighted by Crippen LogP contribution is 2.11. The van der Waals surface area contributed by atoms with Crippen molar-refractivity contribution in [3.8, 4) is 0 Å². The van der Waals surface area contributed by atoms with E-state index in [1.165, 1.54) is 4.88 Å². The summed E-state index contributed by atoms with van der Waals surface area (Å²) in [6, 6.07) is 8.52. The van der Waals surface area contributed by atoms with E-state index >= 15 is 0 Å². The number of thiophene rings is 1. The predicted molar refractivity (Wildman–Crippen MR) is 127 cm³/mol. The number of piperidine rings is 1. The second-order valence-corrected chi connectivity index (χ2v) is 8.89. The van der Waals surface area contributed by atoms with Gasteiger partial charge in [0.05, 0.1) is 12.8 Å². The van der Waals surface area contributed by atoms with Gasteiger partial charge in [-0.25, -0.2) is 0 Å². The molecule has 170 valence electrons. The highest BCUT2D eigenvalue weighted by atomic mass is 32.1. The van der Waals surface area contributed by atoms with E-state index in [-0.39, 0.29) is 5.91 Å². The van der Waals surface area contributed by atoms with Gasteiger partial charge in [-0.2, -0.15) is 0 Å². The molecule has 0 unspecified atom stereocenters. The molecule has 0 saturated carbocycles. The molecule has 0 atom stereocenters. The normalized spacial score (nSPS) is 15.7. The molecule has 7 nitrogen and oxygen atoms in total. The van der Waals surface area contributed by atoms with E-state index in [4.69, 9.17) is 9.41 Å². The maximum absolute atomic E-state index is 12.0. The van der Waals surface area contributed by atoms with Gasteiger partial charge in [0.1, 0.15) is 5.76 Å². The lowest BCUT2D eigenvalue weighted by Crippen LogP contribution is -2.50. The van der Waals surface area contributed by atoms with Crippen LogP contribution < -0.4 is 16.0 Å². The van der Waals surface area contributed by atoms with Crippen LogP contribution in [0, 0.1) is 0 Å². The molecular weight excluding hydrogens is 410 g/mol. The van der Waals surface area contributed by atoms with Crippen molar-refractivity contribution in [3.05, 3.63) is 46.5 Å². The van der Waals surface area contributed by atoms with Gasteiger partial charge in [-0.15, -0.1) is 11.3 Å². The first-order valence-corrected chi connectivity index (χ1v) is 12.2. The molecule has 3 N–H and O–H groups in total. The maximum Gasteiger partial charge on any atom is 0.234 e. The molecule has 0 spiro atoms. The van der Waals surface area contributed by atoms with Crippen LogP contribution in [0.25, 0.3) is 0 Å². The van der Waals surface area contributed by atoms with Gasteiger partial charge in [-0.1, -0.05) is 13.0 Å². The summed E-state index contributed by atoms with van der Waals surface area (Å²) >= 11 is 1.78. The summed E-state index contributed by atoms with van der Waals surface area (Å²) < 4.78 is 5.43. The molecule has 0 aromatic carbocycles. The molecule has 0 bridgehead atoms. The number of carbonyl (C=O) groups is 1. The monoisotopic (exact) mass is 445 g/mol. The molecule has 31 heavy (non-hydrogen) atoms. The summed E-state index contributed by atoms with van der Waals surface area (Å²) in [7, 11) is 0. The standard InChI is InChI=1S/C23H35N5O2S/c1-2-11-24-22(29)18-28-14-9-19(10-15-28)27-23(25-12-7-20-5-3-16-30-20)26-13-8-21-6-4-17-31-21/h3-6,16-17,19H,2,7-15,18H2,1H3,(H,24,29)(H2,25,26,27). The van der Waals surface area contributed by atoms with E-state index in [0.29, 0.717) is 12.6 Å². The third-order valence-corrected chi connectivity index (χ3v) is 6.26. The van der Waals surface area contributed by atoms with Crippen LogP contribution in [0.1, 0.15) is 36.8 Å². The molecule has 1 aliphatic rings. The Morgan fingerprint density at radius 3 is 2.77 bits per heavy atom. The first kappa shape index (κ1) is 23.3. The van der Waals surface area contributed by atoms with Gasteiger partial charge in [-0.3, -0.25) is 14.7 Å². The first-order valence-electron chi connectivity index (χ1n) is 11.3. The van der Waals surface area contributed by atoms with Gasteiger partial charge >= 0.3 is 0 Å². The second kappa shape index (κ2) is 13.2. The zero-order valence-electron chi connectivity index (χ0n) is 18.4. The quantitative estimate of drug-likeness (QED) is 0.366. The van der Waals surface area contributed by atoms with E-state index in [2.05, 4.69) is 45.3 Å². The van der Waals surface area contributed by atoms with Crippen molar-refractivity contribution in [3.63, 3.8) is 0 Å². The minimum absolute atomic E-state index is 0.128. The number of rotatable bonds is 11. The fourth-order valence-electron chi connectivity index (χ4n) is 3.60. The number of hydrogen-bond donors (Lipinski definition) is 3. The number of carbonyl (C=O) groups excluding carboxylic acids is 1. The Hall–Kier alpha value is -2.32. The smallest absolute Gasteiger partial charge is 0.234 e. The number of nitrogens with one attached hydrogen (secondary N) is 3. The lowest BCUT2D eigenvalue weighted by molar-refractivity contribution is -0.122. The van der Waals surface area contributed by atoms with Crippen LogP contribution in [-0.2, 0) is 17.6 Å². The summed E-state index contributed by atoms with van der Waals surface area (Å²) in [5, 5.41) is 12.1. The van der Waals surface area contributed by atoms with Gasteiger partial charge in [0.2, 0.25) is 5.91 Å². The third kappa shape index (κ3) is 8.75.